The van der Waals surface area contributed by atoms with Crippen molar-refractivity contribution in [1.29, 1.82) is 0 Å². The normalized spacial score (nSPS) is 10.7. The molecule has 0 unspecified atom stereocenters. The van der Waals surface area contributed by atoms with Gasteiger partial charge in [-0.05, 0) is 62.6 Å². The van der Waals surface area contributed by atoms with Gasteiger partial charge in [-0.25, -0.2) is 0 Å². The first-order chi connectivity index (χ1) is 9.54. The molecule has 1 N–H and O–H groups in total. The van der Waals surface area contributed by atoms with Gasteiger partial charge in [0.05, 0.1) is 6.10 Å². The third-order valence-corrected chi connectivity index (χ3v) is 3.17. The van der Waals surface area contributed by atoms with Crippen molar-refractivity contribution >= 4 is 5.69 Å². The minimum atomic E-state index is 0.217. The summed E-state index contributed by atoms with van der Waals surface area (Å²) in [5.41, 5.74) is 5.00. The van der Waals surface area contributed by atoms with Crippen molar-refractivity contribution in [2.75, 3.05) is 5.32 Å². The highest BCUT2D eigenvalue weighted by atomic mass is 16.5. The lowest BCUT2D eigenvalue weighted by Crippen LogP contribution is -2.06. The Morgan fingerprint density at radius 3 is 2.35 bits per heavy atom. The summed E-state index contributed by atoms with van der Waals surface area (Å²) in [5, 5.41) is 3.49. The topological polar surface area (TPSA) is 21.3 Å². The maximum absolute atomic E-state index is 5.65. The summed E-state index contributed by atoms with van der Waals surface area (Å²) in [4.78, 5) is 0. The van der Waals surface area contributed by atoms with Gasteiger partial charge in [0.25, 0.3) is 0 Å². The van der Waals surface area contributed by atoms with Crippen LogP contribution in [0, 0.1) is 13.8 Å². The molecule has 106 valence electrons. The molecule has 0 radical (unpaired) electrons. The molecule has 0 bridgehead atoms. The Hall–Kier alpha value is -1.96. The molecule has 0 heterocycles. The standard InChI is InChI=1S/C18H23NO/c1-13(2)20-17-9-7-16(8-10-17)12-19-18-11-14(3)5-6-15(18)4/h5-11,13,19H,12H2,1-4H3. The second-order valence-corrected chi connectivity index (χ2v) is 5.48. The number of nitrogens with one attached hydrogen (secondary N) is 1. The van der Waals surface area contributed by atoms with Crippen LogP contribution in [-0.2, 0) is 6.54 Å². The quantitative estimate of drug-likeness (QED) is 0.849. The molecule has 2 rings (SSSR count). The summed E-state index contributed by atoms with van der Waals surface area (Å²) in [5.74, 6) is 0.926. The van der Waals surface area contributed by atoms with Crippen LogP contribution in [0.2, 0.25) is 0 Å². The summed E-state index contributed by atoms with van der Waals surface area (Å²) in [6.07, 6.45) is 0.217. The van der Waals surface area contributed by atoms with E-state index in [0.29, 0.717) is 0 Å². The number of aryl methyl sites for hydroxylation is 2. The fourth-order valence-corrected chi connectivity index (χ4v) is 2.08. The average Bonchev–Trinajstić information content (AvgIpc) is 2.41. The minimum absolute atomic E-state index is 0.217. The number of hydrogen-bond donors (Lipinski definition) is 1. The van der Waals surface area contributed by atoms with Gasteiger partial charge >= 0.3 is 0 Å². The third-order valence-electron chi connectivity index (χ3n) is 3.17. The summed E-state index contributed by atoms with van der Waals surface area (Å²) >= 11 is 0. The van der Waals surface area contributed by atoms with Gasteiger partial charge in [-0.15, -0.1) is 0 Å². The van der Waals surface area contributed by atoms with E-state index in [0.717, 1.165) is 12.3 Å². The van der Waals surface area contributed by atoms with Crippen molar-refractivity contribution < 1.29 is 4.74 Å². The Labute approximate surface area is 121 Å². The zero-order valence-corrected chi connectivity index (χ0v) is 12.7. The smallest absolute Gasteiger partial charge is 0.119 e. The second-order valence-electron chi connectivity index (χ2n) is 5.48. The van der Waals surface area contributed by atoms with Crippen LogP contribution in [0.4, 0.5) is 5.69 Å². The van der Waals surface area contributed by atoms with Crippen molar-refractivity contribution in [3.8, 4) is 5.75 Å². The lowest BCUT2D eigenvalue weighted by Gasteiger charge is -2.12. The maximum Gasteiger partial charge on any atom is 0.119 e. The Balaban J connectivity index is 1.98. The molecule has 0 aliphatic heterocycles. The highest BCUT2D eigenvalue weighted by molar-refractivity contribution is 5.52. The second kappa shape index (κ2) is 6.47. The van der Waals surface area contributed by atoms with Crippen molar-refractivity contribution in [3.63, 3.8) is 0 Å². The van der Waals surface area contributed by atoms with Gasteiger partial charge in [-0.3, -0.25) is 0 Å². The third kappa shape index (κ3) is 4.02. The number of anilines is 1. The molecule has 0 spiro atoms. The van der Waals surface area contributed by atoms with E-state index < -0.39 is 0 Å². The average molecular weight is 269 g/mol. The highest BCUT2D eigenvalue weighted by Gasteiger charge is 2.00. The van der Waals surface area contributed by atoms with Crippen LogP contribution in [0.3, 0.4) is 0 Å². The first-order valence-corrected chi connectivity index (χ1v) is 7.11. The van der Waals surface area contributed by atoms with Crippen molar-refractivity contribution in [2.24, 2.45) is 0 Å². The largest absolute Gasteiger partial charge is 0.491 e. The fourth-order valence-electron chi connectivity index (χ4n) is 2.08. The van der Waals surface area contributed by atoms with E-state index in [9.17, 15) is 0 Å². The summed E-state index contributed by atoms with van der Waals surface area (Å²) in [7, 11) is 0. The molecule has 0 aromatic heterocycles. The molecule has 0 aliphatic carbocycles. The molecule has 2 aromatic carbocycles. The van der Waals surface area contributed by atoms with Crippen LogP contribution >= 0.6 is 0 Å². The predicted molar refractivity (Wildman–Crippen MR) is 85.4 cm³/mol. The Kier molecular flexibility index (Phi) is 4.67. The van der Waals surface area contributed by atoms with E-state index in [-0.39, 0.29) is 6.10 Å². The van der Waals surface area contributed by atoms with E-state index in [1.54, 1.807) is 0 Å². The minimum Gasteiger partial charge on any atom is -0.491 e. The number of benzene rings is 2. The Bertz CT molecular complexity index is 558. The van der Waals surface area contributed by atoms with Crippen LogP contribution in [0.1, 0.15) is 30.5 Å². The molecule has 2 heteroatoms. The molecule has 2 nitrogen and oxygen atoms in total. The highest BCUT2D eigenvalue weighted by Crippen LogP contribution is 2.18. The molecular formula is C18H23NO. The van der Waals surface area contributed by atoms with Crippen LogP contribution in [0.15, 0.2) is 42.5 Å². The lowest BCUT2D eigenvalue weighted by molar-refractivity contribution is 0.242. The Morgan fingerprint density at radius 2 is 1.70 bits per heavy atom. The van der Waals surface area contributed by atoms with Crippen molar-refractivity contribution in [3.05, 3.63) is 59.2 Å². The monoisotopic (exact) mass is 269 g/mol. The molecule has 0 aliphatic rings. The number of ether oxygens (including phenoxy) is 1. The van der Waals surface area contributed by atoms with E-state index >= 15 is 0 Å². The maximum atomic E-state index is 5.65. The zero-order chi connectivity index (χ0) is 14.5. The molecule has 20 heavy (non-hydrogen) atoms. The van der Waals surface area contributed by atoms with Crippen LogP contribution in [0.5, 0.6) is 5.75 Å². The van der Waals surface area contributed by atoms with Gasteiger partial charge < -0.3 is 10.1 Å². The SMILES string of the molecule is Cc1ccc(C)c(NCc2ccc(OC(C)C)cc2)c1. The van der Waals surface area contributed by atoms with Gasteiger partial charge in [-0.1, -0.05) is 24.3 Å². The number of hydrogen-bond acceptors (Lipinski definition) is 2. The van der Waals surface area contributed by atoms with Gasteiger partial charge in [-0.2, -0.15) is 0 Å². The molecule has 0 fully saturated rings. The summed E-state index contributed by atoms with van der Waals surface area (Å²) in [6, 6.07) is 14.7. The van der Waals surface area contributed by atoms with Crippen LogP contribution in [-0.4, -0.2) is 6.10 Å². The molecule has 2 aromatic rings. The first kappa shape index (κ1) is 14.4. The van der Waals surface area contributed by atoms with Crippen LogP contribution in [0.25, 0.3) is 0 Å². The van der Waals surface area contributed by atoms with Crippen molar-refractivity contribution in [2.45, 2.75) is 40.3 Å². The summed E-state index contributed by atoms with van der Waals surface area (Å²) < 4.78 is 5.65. The van der Waals surface area contributed by atoms with Gasteiger partial charge in [0, 0.05) is 12.2 Å². The molecular weight excluding hydrogens is 246 g/mol. The van der Waals surface area contributed by atoms with E-state index in [1.165, 1.54) is 22.4 Å². The molecule has 0 saturated heterocycles. The van der Waals surface area contributed by atoms with Gasteiger partial charge in [0.1, 0.15) is 5.75 Å². The predicted octanol–water partition coefficient (Wildman–Crippen LogP) is 4.70. The van der Waals surface area contributed by atoms with E-state index in [4.69, 9.17) is 4.74 Å². The van der Waals surface area contributed by atoms with Gasteiger partial charge in [0.15, 0.2) is 0 Å². The molecule has 0 amide bonds. The van der Waals surface area contributed by atoms with E-state index in [1.807, 2.05) is 26.0 Å². The number of rotatable bonds is 5. The Morgan fingerprint density at radius 1 is 1.00 bits per heavy atom. The van der Waals surface area contributed by atoms with E-state index in [2.05, 4.69) is 49.5 Å². The lowest BCUT2D eigenvalue weighted by atomic mass is 10.1. The zero-order valence-electron chi connectivity index (χ0n) is 12.7. The summed E-state index contributed by atoms with van der Waals surface area (Å²) in [6.45, 7) is 9.14. The molecule has 0 atom stereocenters. The first-order valence-electron chi connectivity index (χ1n) is 7.11. The van der Waals surface area contributed by atoms with Gasteiger partial charge in [0.2, 0.25) is 0 Å². The molecule has 0 saturated carbocycles. The fraction of sp³-hybridized carbons (Fsp3) is 0.333. The van der Waals surface area contributed by atoms with Crippen molar-refractivity contribution in [1.82, 2.24) is 0 Å². The van der Waals surface area contributed by atoms with Crippen LogP contribution < -0.4 is 10.1 Å².